The van der Waals surface area contributed by atoms with Crippen LogP contribution in [0.2, 0.25) is 0 Å². The summed E-state index contributed by atoms with van der Waals surface area (Å²) in [5.74, 6) is -0.737. The SMILES string of the molecule is CCCC(CCC)C(=O)O.NC(c1ccccc1)c1ccccc1. The molecule has 0 heterocycles. The third kappa shape index (κ3) is 6.97. The Labute approximate surface area is 145 Å². The molecule has 0 unspecified atom stereocenters. The van der Waals surface area contributed by atoms with E-state index >= 15 is 0 Å². The molecule has 3 N–H and O–H groups in total. The highest BCUT2D eigenvalue weighted by Gasteiger charge is 2.13. The van der Waals surface area contributed by atoms with Gasteiger partial charge in [-0.3, -0.25) is 4.79 Å². The Kier molecular flexibility index (Phi) is 9.47. The van der Waals surface area contributed by atoms with Crippen molar-refractivity contribution in [3.05, 3.63) is 71.8 Å². The lowest BCUT2D eigenvalue weighted by molar-refractivity contribution is -0.142. The zero-order chi connectivity index (χ0) is 17.8. The number of hydrogen-bond acceptors (Lipinski definition) is 2. The molecule has 3 heteroatoms. The average molecular weight is 327 g/mol. The number of carbonyl (C=O) groups is 1. The number of rotatable bonds is 7. The van der Waals surface area contributed by atoms with E-state index in [0.717, 1.165) is 36.8 Å². The van der Waals surface area contributed by atoms with Crippen LogP contribution >= 0.6 is 0 Å². The van der Waals surface area contributed by atoms with E-state index in [2.05, 4.69) is 24.3 Å². The lowest BCUT2D eigenvalue weighted by Gasteiger charge is -2.11. The van der Waals surface area contributed by atoms with Gasteiger partial charge in [-0.25, -0.2) is 0 Å². The van der Waals surface area contributed by atoms with Crippen LogP contribution in [0.4, 0.5) is 0 Å². The van der Waals surface area contributed by atoms with E-state index in [0.29, 0.717) is 0 Å². The Balaban J connectivity index is 0.000000257. The number of carboxylic acid groups (broad SMARTS) is 1. The summed E-state index contributed by atoms with van der Waals surface area (Å²) >= 11 is 0. The number of benzene rings is 2. The summed E-state index contributed by atoms with van der Waals surface area (Å²) in [6.07, 6.45) is 3.58. The first-order valence-electron chi connectivity index (χ1n) is 8.68. The van der Waals surface area contributed by atoms with Gasteiger partial charge in [-0.15, -0.1) is 0 Å². The van der Waals surface area contributed by atoms with Gasteiger partial charge in [0, 0.05) is 0 Å². The van der Waals surface area contributed by atoms with Gasteiger partial charge in [0.15, 0.2) is 0 Å². The first kappa shape index (κ1) is 19.9. The van der Waals surface area contributed by atoms with E-state index in [1.54, 1.807) is 0 Å². The van der Waals surface area contributed by atoms with E-state index < -0.39 is 5.97 Å². The predicted molar refractivity (Wildman–Crippen MR) is 99.9 cm³/mol. The maximum absolute atomic E-state index is 10.5. The van der Waals surface area contributed by atoms with Crippen molar-refractivity contribution in [3.8, 4) is 0 Å². The van der Waals surface area contributed by atoms with Gasteiger partial charge in [-0.2, -0.15) is 0 Å². The van der Waals surface area contributed by atoms with Gasteiger partial charge < -0.3 is 10.8 Å². The number of nitrogens with two attached hydrogens (primary N) is 1. The fraction of sp³-hybridized carbons (Fsp3) is 0.381. The second-order valence-corrected chi connectivity index (χ2v) is 5.91. The lowest BCUT2D eigenvalue weighted by atomic mass is 9.99. The molecule has 2 rings (SSSR count). The molecule has 0 bridgehead atoms. The lowest BCUT2D eigenvalue weighted by Crippen LogP contribution is -2.12. The van der Waals surface area contributed by atoms with Crippen molar-refractivity contribution in [1.29, 1.82) is 0 Å². The summed E-state index contributed by atoms with van der Waals surface area (Å²) in [4.78, 5) is 10.5. The molecule has 3 nitrogen and oxygen atoms in total. The highest BCUT2D eigenvalue weighted by molar-refractivity contribution is 5.69. The molecule has 2 aromatic rings. The van der Waals surface area contributed by atoms with Gasteiger partial charge >= 0.3 is 5.97 Å². The van der Waals surface area contributed by atoms with Crippen LogP contribution in [-0.4, -0.2) is 11.1 Å². The van der Waals surface area contributed by atoms with E-state index in [1.807, 2.05) is 50.2 Å². The third-order valence-electron chi connectivity index (χ3n) is 3.94. The van der Waals surface area contributed by atoms with Crippen LogP contribution in [-0.2, 0) is 4.79 Å². The maximum atomic E-state index is 10.5. The zero-order valence-electron chi connectivity index (χ0n) is 14.7. The molecule has 0 fully saturated rings. The molecule has 24 heavy (non-hydrogen) atoms. The average Bonchev–Trinajstić information content (AvgIpc) is 2.63. The molecule has 2 aromatic carbocycles. The summed E-state index contributed by atoms with van der Waals surface area (Å²) in [6, 6.07) is 20.2. The van der Waals surface area contributed by atoms with Crippen molar-refractivity contribution in [2.45, 2.75) is 45.6 Å². The quantitative estimate of drug-likeness (QED) is 0.750. The molecule has 0 spiro atoms. The van der Waals surface area contributed by atoms with Gasteiger partial charge in [0.2, 0.25) is 0 Å². The summed E-state index contributed by atoms with van der Waals surface area (Å²) in [5, 5.41) is 8.64. The summed E-state index contributed by atoms with van der Waals surface area (Å²) in [5.41, 5.74) is 8.42. The van der Waals surface area contributed by atoms with Crippen LogP contribution in [0.25, 0.3) is 0 Å². The molecule has 0 aromatic heterocycles. The molecule has 0 atom stereocenters. The number of aliphatic carboxylic acids is 1. The van der Waals surface area contributed by atoms with Crippen LogP contribution in [0.5, 0.6) is 0 Å². The Morgan fingerprint density at radius 3 is 1.54 bits per heavy atom. The molecule has 0 saturated heterocycles. The van der Waals surface area contributed by atoms with Gasteiger partial charge in [0.25, 0.3) is 0 Å². The molecule has 0 radical (unpaired) electrons. The van der Waals surface area contributed by atoms with Crippen molar-refractivity contribution in [3.63, 3.8) is 0 Å². The summed E-state index contributed by atoms with van der Waals surface area (Å²) in [7, 11) is 0. The van der Waals surface area contributed by atoms with Gasteiger partial charge in [0.05, 0.1) is 12.0 Å². The van der Waals surface area contributed by atoms with Crippen molar-refractivity contribution in [2.24, 2.45) is 11.7 Å². The van der Waals surface area contributed by atoms with Crippen molar-refractivity contribution in [1.82, 2.24) is 0 Å². The zero-order valence-corrected chi connectivity index (χ0v) is 14.7. The minimum atomic E-state index is -0.635. The predicted octanol–water partition coefficient (Wildman–Crippen LogP) is 5.02. The molecular formula is C21H29NO2. The molecular weight excluding hydrogens is 298 g/mol. The minimum absolute atomic E-state index is 0.0163. The van der Waals surface area contributed by atoms with Gasteiger partial charge in [0.1, 0.15) is 0 Å². The summed E-state index contributed by atoms with van der Waals surface area (Å²) in [6.45, 7) is 4.04. The highest BCUT2D eigenvalue weighted by Crippen LogP contribution is 2.18. The van der Waals surface area contributed by atoms with E-state index in [4.69, 9.17) is 10.8 Å². The van der Waals surface area contributed by atoms with Gasteiger partial charge in [-0.05, 0) is 24.0 Å². The highest BCUT2D eigenvalue weighted by atomic mass is 16.4. The fourth-order valence-electron chi connectivity index (χ4n) is 2.60. The first-order chi connectivity index (χ1) is 11.6. The largest absolute Gasteiger partial charge is 0.481 e. The Morgan fingerprint density at radius 1 is 0.875 bits per heavy atom. The number of hydrogen-bond donors (Lipinski definition) is 2. The molecule has 0 aliphatic heterocycles. The normalized spacial score (nSPS) is 10.4. The van der Waals surface area contributed by atoms with Crippen LogP contribution in [0.15, 0.2) is 60.7 Å². The van der Waals surface area contributed by atoms with Crippen LogP contribution in [0.3, 0.4) is 0 Å². The fourth-order valence-corrected chi connectivity index (χ4v) is 2.60. The molecule has 0 saturated carbocycles. The molecule has 130 valence electrons. The van der Waals surface area contributed by atoms with Crippen molar-refractivity contribution >= 4 is 5.97 Å². The van der Waals surface area contributed by atoms with Crippen molar-refractivity contribution in [2.75, 3.05) is 0 Å². The van der Waals surface area contributed by atoms with E-state index in [-0.39, 0.29) is 12.0 Å². The number of carboxylic acids is 1. The summed E-state index contributed by atoms with van der Waals surface area (Å²) < 4.78 is 0. The van der Waals surface area contributed by atoms with E-state index in [9.17, 15) is 4.79 Å². The van der Waals surface area contributed by atoms with E-state index in [1.165, 1.54) is 0 Å². The monoisotopic (exact) mass is 327 g/mol. The van der Waals surface area contributed by atoms with Gasteiger partial charge in [-0.1, -0.05) is 87.4 Å². The Bertz CT molecular complexity index is 523. The second kappa shape index (κ2) is 11.4. The molecule has 0 aliphatic carbocycles. The standard InChI is InChI=1S/C13H13N.C8H16O2/c14-13(11-7-3-1-4-8-11)12-9-5-2-6-10-12;1-3-5-7(6-4-2)8(9)10/h1-10,13H,14H2;7H,3-6H2,1-2H3,(H,9,10). The first-order valence-corrected chi connectivity index (χ1v) is 8.68. The minimum Gasteiger partial charge on any atom is -0.481 e. The smallest absolute Gasteiger partial charge is 0.306 e. The Hall–Kier alpha value is -2.13. The Morgan fingerprint density at radius 2 is 1.25 bits per heavy atom. The van der Waals surface area contributed by atoms with Crippen LogP contribution in [0.1, 0.15) is 56.7 Å². The topological polar surface area (TPSA) is 63.3 Å². The second-order valence-electron chi connectivity index (χ2n) is 5.91. The van der Waals surface area contributed by atoms with Crippen LogP contribution in [0, 0.1) is 5.92 Å². The van der Waals surface area contributed by atoms with Crippen molar-refractivity contribution < 1.29 is 9.90 Å². The molecule has 0 amide bonds. The molecule has 0 aliphatic rings. The third-order valence-corrected chi connectivity index (χ3v) is 3.94. The maximum Gasteiger partial charge on any atom is 0.306 e. The van der Waals surface area contributed by atoms with Crippen LogP contribution < -0.4 is 5.73 Å².